The van der Waals surface area contributed by atoms with Gasteiger partial charge in [0.15, 0.2) is 5.96 Å². The van der Waals surface area contributed by atoms with Crippen molar-refractivity contribution >= 4 is 11.6 Å². The van der Waals surface area contributed by atoms with Crippen molar-refractivity contribution in [1.82, 2.24) is 10.6 Å². The van der Waals surface area contributed by atoms with Crippen LogP contribution >= 0.6 is 0 Å². The van der Waals surface area contributed by atoms with Crippen LogP contribution in [-0.2, 0) is 0 Å². The van der Waals surface area contributed by atoms with E-state index < -0.39 is 0 Å². The number of hydrogen-bond donors (Lipinski definition) is 2. The van der Waals surface area contributed by atoms with Gasteiger partial charge in [-0.3, -0.25) is 4.99 Å². The molecule has 1 saturated heterocycles. The summed E-state index contributed by atoms with van der Waals surface area (Å²) >= 11 is 0. The first-order chi connectivity index (χ1) is 10.2. The summed E-state index contributed by atoms with van der Waals surface area (Å²) in [5.74, 6) is 3.28. The molecule has 1 unspecified atom stereocenters. The molecular formula is C17H24N4. The van der Waals surface area contributed by atoms with E-state index in [2.05, 4.69) is 57.6 Å². The second-order valence-corrected chi connectivity index (χ2v) is 5.29. The maximum absolute atomic E-state index is 5.26. The van der Waals surface area contributed by atoms with Crippen LogP contribution in [0.2, 0.25) is 0 Å². The molecule has 1 aromatic rings. The zero-order chi connectivity index (χ0) is 15.1. The molecule has 1 heterocycles. The largest absolute Gasteiger partial charge is 0.372 e. The van der Waals surface area contributed by atoms with Gasteiger partial charge in [-0.2, -0.15) is 0 Å². The number of benzene rings is 1. The highest BCUT2D eigenvalue weighted by molar-refractivity contribution is 5.80. The zero-order valence-electron chi connectivity index (χ0n) is 12.9. The summed E-state index contributed by atoms with van der Waals surface area (Å²) in [6.45, 7) is 4.93. The molecule has 2 rings (SSSR count). The lowest BCUT2D eigenvalue weighted by Crippen LogP contribution is -2.38. The zero-order valence-corrected chi connectivity index (χ0v) is 12.9. The number of guanidine groups is 1. The molecule has 0 bridgehead atoms. The van der Waals surface area contributed by atoms with E-state index in [4.69, 9.17) is 6.42 Å². The highest BCUT2D eigenvalue weighted by atomic mass is 15.2. The van der Waals surface area contributed by atoms with E-state index in [1.54, 1.807) is 7.05 Å². The van der Waals surface area contributed by atoms with Crippen LogP contribution in [0.15, 0.2) is 29.3 Å². The van der Waals surface area contributed by atoms with Crippen LogP contribution in [0.5, 0.6) is 0 Å². The summed E-state index contributed by atoms with van der Waals surface area (Å²) in [6.07, 6.45) is 7.85. The van der Waals surface area contributed by atoms with Crippen molar-refractivity contribution in [3.8, 4) is 12.3 Å². The Morgan fingerprint density at radius 1 is 1.43 bits per heavy atom. The molecule has 2 N–H and O–H groups in total. The Balaban J connectivity index is 2.03. The lowest BCUT2D eigenvalue weighted by Gasteiger charge is -2.21. The summed E-state index contributed by atoms with van der Waals surface area (Å²) in [5, 5.41) is 6.44. The monoisotopic (exact) mass is 284 g/mol. The summed E-state index contributed by atoms with van der Waals surface area (Å²) < 4.78 is 0. The minimum absolute atomic E-state index is 0.177. The highest BCUT2D eigenvalue weighted by Crippen LogP contribution is 2.23. The maximum Gasteiger partial charge on any atom is 0.192 e. The van der Waals surface area contributed by atoms with Gasteiger partial charge in [-0.1, -0.05) is 18.1 Å². The molecular weight excluding hydrogens is 260 g/mol. The Kier molecular flexibility index (Phi) is 5.51. The molecule has 4 nitrogen and oxygen atoms in total. The van der Waals surface area contributed by atoms with Gasteiger partial charge < -0.3 is 15.5 Å². The predicted octanol–water partition coefficient (Wildman–Crippen LogP) is 2.15. The minimum atomic E-state index is 0.177. The Morgan fingerprint density at radius 3 is 2.86 bits per heavy atom. The normalized spacial score (nSPS) is 16.4. The van der Waals surface area contributed by atoms with Crippen LogP contribution in [0, 0.1) is 12.3 Å². The average molecular weight is 284 g/mol. The second-order valence-electron chi connectivity index (χ2n) is 5.29. The number of anilines is 1. The average Bonchev–Trinajstić information content (AvgIpc) is 3.05. The molecule has 0 spiro atoms. The van der Waals surface area contributed by atoms with E-state index in [9.17, 15) is 0 Å². The molecule has 1 fully saturated rings. The van der Waals surface area contributed by atoms with Crippen LogP contribution in [0.1, 0.15) is 31.4 Å². The lowest BCUT2D eigenvalue weighted by molar-refractivity contribution is 0.694. The van der Waals surface area contributed by atoms with Crippen LogP contribution < -0.4 is 15.5 Å². The van der Waals surface area contributed by atoms with Crippen molar-refractivity contribution in [3.05, 3.63) is 29.8 Å². The number of hydrogen-bond acceptors (Lipinski definition) is 2. The number of aliphatic imine (C=N–C) groups is 1. The molecule has 1 aliphatic rings. The van der Waals surface area contributed by atoms with Gasteiger partial charge in [0.1, 0.15) is 0 Å². The molecule has 0 amide bonds. The third-order valence-corrected chi connectivity index (χ3v) is 3.78. The van der Waals surface area contributed by atoms with Crippen molar-refractivity contribution in [3.63, 3.8) is 0 Å². The third kappa shape index (κ3) is 4.16. The van der Waals surface area contributed by atoms with E-state index in [0.717, 1.165) is 19.0 Å². The Labute approximate surface area is 127 Å². The van der Waals surface area contributed by atoms with Crippen molar-refractivity contribution in [2.75, 3.05) is 31.6 Å². The summed E-state index contributed by atoms with van der Waals surface area (Å²) in [7, 11) is 1.75. The van der Waals surface area contributed by atoms with Gasteiger partial charge in [0, 0.05) is 25.8 Å². The van der Waals surface area contributed by atoms with E-state index in [0.29, 0.717) is 6.54 Å². The molecule has 1 atom stereocenters. The lowest BCUT2D eigenvalue weighted by atomic mass is 10.1. The molecule has 0 aliphatic carbocycles. The van der Waals surface area contributed by atoms with Crippen molar-refractivity contribution in [1.29, 1.82) is 0 Å². The topological polar surface area (TPSA) is 39.7 Å². The first-order valence-corrected chi connectivity index (χ1v) is 7.50. The highest BCUT2D eigenvalue weighted by Gasteiger charge is 2.14. The van der Waals surface area contributed by atoms with Gasteiger partial charge >= 0.3 is 0 Å². The van der Waals surface area contributed by atoms with Gasteiger partial charge in [-0.25, -0.2) is 0 Å². The summed E-state index contributed by atoms with van der Waals surface area (Å²) in [6, 6.07) is 8.89. The van der Waals surface area contributed by atoms with Crippen LogP contribution in [0.3, 0.4) is 0 Å². The summed E-state index contributed by atoms with van der Waals surface area (Å²) in [5.41, 5.74) is 2.56. The number of rotatable bonds is 4. The fraction of sp³-hybridized carbons (Fsp3) is 0.471. The van der Waals surface area contributed by atoms with Gasteiger partial charge in [0.2, 0.25) is 0 Å². The van der Waals surface area contributed by atoms with Crippen molar-refractivity contribution in [2.24, 2.45) is 4.99 Å². The van der Waals surface area contributed by atoms with E-state index in [-0.39, 0.29) is 6.04 Å². The Bertz CT molecular complexity index is 524. The standard InChI is InChI=1S/C17H24N4/c1-4-10-19-17(18-3)20-14(2)15-8-7-9-16(13-15)21-11-5-6-12-21/h1,7-9,13-14H,5-6,10-12H2,2-3H3,(H2,18,19,20). The van der Waals surface area contributed by atoms with Crippen LogP contribution in [0.4, 0.5) is 5.69 Å². The molecule has 0 saturated carbocycles. The maximum atomic E-state index is 5.26. The van der Waals surface area contributed by atoms with Gasteiger partial charge in [0.05, 0.1) is 12.6 Å². The van der Waals surface area contributed by atoms with Gasteiger partial charge in [-0.15, -0.1) is 6.42 Å². The molecule has 0 radical (unpaired) electrons. The molecule has 4 heteroatoms. The first-order valence-electron chi connectivity index (χ1n) is 7.50. The van der Waals surface area contributed by atoms with E-state index >= 15 is 0 Å². The molecule has 1 aliphatic heterocycles. The van der Waals surface area contributed by atoms with E-state index in [1.807, 2.05) is 0 Å². The third-order valence-electron chi connectivity index (χ3n) is 3.78. The van der Waals surface area contributed by atoms with Crippen molar-refractivity contribution < 1.29 is 0 Å². The molecule has 21 heavy (non-hydrogen) atoms. The molecule has 0 aromatic heterocycles. The molecule has 112 valence electrons. The second kappa shape index (κ2) is 7.58. The van der Waals surface area contributed by atoms with Gasteiger partial charge in [-0.05, 0) is 37.5 Å². The fourth-order valence-electron chi connectivity index (χ4n) is 2.58. The first kappa shape index (κ1) is 15.2. The fourth-order valence-corrected chi connectivity index (χ4v) is 2.58. The number of nitrogens with zero attached hydrogens (tertiary/aromatic N) is 2. The minimum Gasteiger partial charge on any atom is -0.372 e. The Hall–Kier alpha value is -2.15. The quantitative estimate of drug-likeness (QED) is 0.505. The van der Waals surface area contributed by atoms with Crippen LogP contribution in [0.25, 0.3) is 0 Å². The van der Waals surface area contributed by atoms with Gasteiger partial charge in [0.25, 0.3) is 0 Å². The number of nitrogens with one attached hydrogen (secondary N) is 2. The SMILES string of the molecule is C#CCNC(=NC)NC(C)c1cccc(N2CCCC2)c1. The van der Waals surface area contributed by atoms with Crippen molar-refractivity contribution in [2.45, 2.75) is 25.8 Å². The predicted molar refractivity (Wildman–Crippen MR) is 89.6 cm³/mol. The smallest absolute Gasteiger partial charge is 0.192 e. The van der Waals surface area contributed by atoms with E-state index in [1.165, 1.54) is 24.1 Å². The van der Waals surface area contributed by atoms with Crippen LogP contribution in [-0.4, -0.2) is 32.6 Å². The molecule has 1 aromatic carbocycles. The summed E-state index contributed by atoms with van der Waals surface area (Å²) in [4.78, 5) is 6.63. The number of terminal acetylenes is 1. The Morgan fingerprint density at radius 2 is 2.19 bits per heavy atom.